The topological polar surface area (TPSA) is 37.3 Å². The molecule has 0 aromatic heterocycles. The fourth-order valence-electron chi connectivity index (χ4n) is 2.20. The quantitative estimate of drug-likeness (QED) is 0.350. The Balaban J connectivity index is 3.09. The Morgan fingerprint density at radius 2 is 1.53 bits per heavy atom. The smallest absolute Gasteiger partial charge is 0.327 e. The zero-order valence-corrected chi connectivity index (χ0v) is 12.9. The first-order valence-corrected chi connectivity index (χ1v) is 8.06. The van der Waals surface area contributed by atoms with Gasteiger partial charge in [0.15, 0.2) is 0 Å². The molecule has 1 atom stereocenters. The summed E-state index contributed by atoms with van der Waals surface area (Å²) in [6, 6.07) is 0. The van der Waals surface area contributed by atoms with Crippen LogP contribution < -0.4 is 0 Å². The Bertz CT molecular complexity index is 233. The Hall–Kier alpha value is -0.790. The zero-order chi connectivity index (χ0) is 14.3. The van der Waals surface area contributed by atoms with Crippen molar-refractivity contribution in [2.45, 2.75) is 84.5 Å². The Morgan fingerprint density at radius 1 is 1.00 bits per heavy atom. The van der Waals surface area contributed by atoms with Gasteiger partial charge in [0.25, 0.3) is 0 Å². The van der Waals surface area contributed by atoms with Gasteiger partial charge in [0.2, 0.25) is 0 Å². The van der Waals surface area contributed by atoms with E-state index in [9.17, 15) is 4.79 Å². The van der Waals surface area contributed by atoms with Crippen LogP contribution in [0.4, 0.5) is 0 Å². The lowest BCUT2D eigenvalue weighted by molar-refractivity contribution is -0.131. The Labute approximate surface area is 119 Å². The van der Waals surface area contributed by atoms with Crippen LogP contribution in [-0.4, -0.2) is 11.1 Å². The van der Waals surface area contributed by atoms with Crippen molar-refractivity contribution in [3.63, 3.8) is 0 Å². The second kappa shape index (κ2) is 13.6. The molecule has 0 saturated heterocycles. The minimum Gasteiger partial charge on any atom is -0.478 e. The molecule has 0 bridgehead atoms. The fourth-order valence-corrected chi connectivity index (χ4v) is 2.20. The number of aliphatic carboxylic acids is 1. The van der Waals surface area contributed by atoms with E-state index in [1.54, 1.807) is 6.08 Å². The predicted octanol–water partition coefficient (Wildman–Crippen LogP) is 5.57. The van der Waals surface area contributed by atoms with Crippen LogP contribution in [0.5, 0.6) is 0 Å². The summed E-state index contributed by atoms with van der Waals surface area (Å²) in [6.07, 6.45) is 17.2. The SMILES string of the molecule is CCC(C)CCCCCCCCCC/C=C/C(=O)O. The van der Waals surface area contributed by atoms with Crippen LogP contribution in [0, 0.1) is 5.92 Å². The first kappa shape index (κ1) is 18.2. The fraction of sp³-hybridized carbons (Fsp3) is 0.824. The number of hydrogen-bond donors (Lipinski definition) is 1. The average molecular weight is 268 g/mol. The van der Waals surface area contributed by atoms with E-state index in [1.807, 2.05) is 0 Å². The molecule has 0 fully saturated rings. The van der Waals surface area contributed by atoms with Crippen LogP contribution in [0.2, 0.25) is 0 Å². The van der Waals surface area contributed by atoms with Gasteiger partial charge in [0.05, 0.1) is 0 Å². The van der Waals surface area contributed by atoms with Gasteiger partial charge in [0.1, 0.15) is 0 Å². The van der Waals surface area contributed by atoms with E-state index in [0.29, 0.717) is 0 Å². The van der Waals surface area contributed by atoms with Crippen molar-refractivity contribution in [3.8, 4) is 0 Å². The Morgan fingerprint density at radius 3 is 2.05 bits per heavy atom. The van der Waals surface area contributed by atoms with E-state index in [2.05, 4.69) is 13.8 Å². The van der Waals surface area contributed by atoms with E-state index in [4.69, 9.17) is 5.11 Å². The molecule has 0 spiro atoms. The minimum absolute atomic E-state index is 0.836. The van der Waals surface area contributed by atoms with E-state index in [1.165, 1.54) is 63.9 Å². The molecule has 0 aliphatic rings. The van der Waals surface area contributed by atoms with Gasteiger partial charge >= 0.3 is 5.97 Å². The van der Waals surface area contributed by atoms with Crippen molar-refractivity contribution in [1.82, 2.24) is 0 Å². The summed E-state index contributed by atoms with van der Waals surface area (Å²) >= 11 is 0. The van der Waals surface area contributed by atoms with Gasteiger partial charge in [-0.3, -0.25) is 0 Å². The van der Waals surface area contributed by atoms with Crippen molar-refractivity contribution >= 4 is 5.97 Å². The molecule has 112 valence electrons. The number of rotatable bonds is 13. The molecule has 19 heavy (non-hydrogen) atoms. The molecule has 0 amide bonds. The van der Waals surface area contributed by atoms with E-state index < -0.39 is 5.97 Å². The number of hydrogen-bond acceptors (Lipinski definition) is 1. The molecule has 0 aromatic carbocycles. The predicted molar refractivity (Wildman–Crippen MR) is 82.4 cm³/mol. The molecule has 0 aliphatic carbocycles. The van der Waals surface area contributed by atoms with Gasteiger partial charge in [-0.1, -0.05) is 77.7 Å². The van der Waals surface area contributed by atoms with Crippen molar-refractivity contribution in [3.05, 3.63) is 12.2 Å². The summed E-state index contributed by atoms with van der Waals surface area (Å²) in [5, 5.41) is 8.42. The molecular weight excluding hydrogens is 236 g/mol. The summed E-state index contributed by atoms with van der Waals surface area (Å²) in [6.45, 7) is 4.62. The van der Waals surface area contributed by atoms with Gasteiger partial charge in [0, 0.05) is 6.08 Å². The highest BCUT2D eigenvalue weighted by molar-refractivity contribution is 5.79. The average Bonchev–Trinajstić information content (AvgIpc) is 2.39. The molecule has 1 unspecified atom stereocenters. The highest BCUT2D eigenvalue weighted by Gasteiger charge is 1.98. The van der Waals surface area contributed by atoms with Gasteiger partial charge in [-0.05, 0) is 18.8 Å². The number of unbranched alkanes of at least 4 members (excludes halogenated alkanes) is 8. The van der Waals surface area contributed by atoms with Crippen molar-refractivity contribution in [1.29, 1.82) is 0 Å². The van der Waals surface area contributed by atoms with Gasteiger partial charge in [-0.2, -0.15) is 0 Å². The second-order valence-corrected chi connectivity index (χ2v) is 5.66. The van der Waals surface area contributed by atoms with Crippen LogP contribution in [0.3, 0.4) is 0 Å². The molecule has 2 heteroatoms. The molecule has 0 radical (unpaired) electrons. The maximum atomic E-state index is 10.2. The van der Waals surface area contributed by atoms with Crippen LogP contribution in [0.1, 0.15) is 84.5 Å². The number of carboxylic acid groups (broad SMARTS) is 1. The first-order chi connectivity index (χ1) is 9.16. The third-order valence-electron chi connectivity index (χ3n) is 3.78. The molecule has 1 N–H and O–H groups in total. The molecule has 0 saturated carbocycles. The van der Waals surface area contributed by atoms with Crippen LogP contribution >= 0.6 is 0 Å². The third kappa shape index (κ3) is 15.2. The molecule has 0 aromatic rings. The second-order valence-electron chi connectivity index (χ2n) is 5.66. The van der Waals surface area contributed by atoms with Crippen LogP contribution in [0.25, 0.3) is 0 Å². The van der Waals surface area contributed by atoms with Crippen LogP contribution in [-0.2, 0) is 4.79 Å². The standard InChI is InChI=1S/C17H32O2/c1-3-16(2)14-12-10-8-6-4-5-7-9-11-13-15-17(18)19/h13,15-16H,3-12,14H2,1-2H3,(H,18,19)/b15-13+. The third-order valence-corrected chi connectivity index (χ3v) is 3.78. The summed E-state index contributed by atoms with van der Waals surface area (Å²) in [4.78, 5) is 10.2. The minimum atomic E-state index is -0.836. The first-order valence-electron chi connectivity index (χ1n) is 8.06. The van der Waals surface area contributed by atoms with E-state index >= 15 is 0 Å². The molecular formula is C17H32O2. The lowest BCUT2D eigenvalue weighted by Gasteiger charge is -2.07. The van der Waals surface area contributed by atoms with E-state index in [-0.39, 0.29) is 0 Å². The lowest BCUT2D eigenvalue weighted by atomic mass is 9.99. The summed E-state index contributed by atoms with van der Waals surface area (Å²) < 4.78 is 0. The largest absolute Gasteiger partial charge is 0.478 e. The molecule has 0 heterocycles. The maximum Gasteiger partial charge on any atom is 0.327 e. The van der Waals surface area contributed by atoms with Gasteiger partial charge in [-0.25, -0.2) is 4.79 Å². The summed E-state index contributed by atoms with van der Waals surface area (Å²) in [7, 11) is 0. The number of allylic oxidation sites excluding steroid dienone is 1. The highest BCUT2D eigenvalue weighted by atomic mass is 16.4. The summed E-state index contributed by atoms with van der Waals surface area (Å²) in [5.74, 6) is 0.0660. The monoisotopic (exact) mass is 268 g/mol. The van der Waals surface area contributed by atoms with Gasteiger partial charge in [-0.15, -0.1) is 0 Å². The summed E-state index contributed by atoms with van der Waals surface area (Å²) in [5.41, 5.74) is 0. The van der Waals surface area contributed by atoms with E-state index in [0.717, 1.165) is 18.8 Å². The lowest BCUT2D eigenvalue weighted by Crippen LogP contribution is -1.91. The van der Waals surface area contributed by atoms with Crippen molar-refractivity contribution in [2.24, 2.45) is 5.92 Å². The normalized spacial score (nSPS) is 12.9. The zero-order valence-electron chi connectivity index (χ0n) is 12.9. The van der Waals surface area contributed by atoms with Gasteiger partial charge < -0.3 is 5.11 Å². The highest BCUT2D eigenvalue weighted by Crippen LogP contribution is 2.15. The number of carboxylic acids is 1. The molecule has 0 aliphatic heterocycles. The van der Waals surface area contributed by atoms with Crippen molar-refractivity contribution in [2.75, 3.05) is 0 Å². The Kier molecular flexibility index (Phi) is 13.1. The number of carbonyl (C=O) groups is 1. The molecule has 2 nitrogen and oxygen atoms in total. The van der Waals surface area contributed by atoms with Crippen LogP contribution in [0.15, 0.2) is 12.2 Å². The molecule has 0 rings (SSSR count). The maximum absolute atomic E-state index is 10.2. The van der Waals surface area contributed by atoms with Crippen molar-refractivity contribution < 1.29 is 9.90 Å².